The topological polar surface area (TPSA) is 68.0 Å². The predicted octanol–water partition coefficient (Wildman–Crippen LogP) is 2.89. The van der Waals surface area contributed by atoms with Crippen molar-refractivity contribution in [2.24, 2.45) is 0 Å². The van der Waals surface area contributed by atoms with E-state index in [1.54, 1.807) is 0 Å². The van der Waals surface area contributed by atoms with E-state index in [0.717, 1.165) is 5.56 Å². The van der Waals surface area contributed by atoms with Crippen LogP contribution in [-0.2, 0) is 11.2 Å². The Morgan fingerprint density at radius 1 is 1.24 bits per heavy atom. The van der Waals surface area contributed by atoms with Crippen LogP contribution in [0.5, 0.6) is 0 Å². The smallest absolute Gasteiger partial charge is 0.227 e. The first-order valence-electron chi connectivity index (χ1n) is 7.04. The number of carbonyl (C=O) groups is 1. The van der Waals surface area contributed by atoms with Crippen LogP contribution in [0.4, 0.5) is 0 Å². The molecule has 0 atom stereocenters. The second-order valence-electron chi connectivity index (χ2n) is 6.18. The molecule has 112 valence electrons. The number of amides is 1. The molecule has 0 bridgehead atoms. The Balaban J connectivity index is 1.94. The minimum atomic E-state index is -0.223. The highest BCUT2D eigenvalue weighted by molar-refractivity contribution is 5.76. The summed E-state index contributed by atoms with van der Waals surface area (Å²) in [5.41, 5.74) is 1.87. The van der Waals surface area contributed by atoms with Crippen LogP contribution in [0.2, 0.25) is 0 Å². The summed E-state index contributed by atoms with van der Waals surface area (Å²) < 4.78 is 5.19. The summed E-state index contributed by atoms with van der Waals surface area (Å²) in [4.78, 5) is 16.1. The highest BCUT2D eigenvalue weighted by Crippen LogP contribution is 2.16. The molecule has 1 aromatic heterocycles. The van der Waals surface area contributed by atoms with Gasteiger partial charge in [0.25, 0.3) is 0 Å². The van der Waals surface area contributed by atoms with Crippen molar-refractivity contribution in [3.8, 4) is 11.4 Å². The van der Waals surface area contributed by atoms with Gasteiger partial charge in [-0.25, -0.2) is 0 Å². The summed E-state index contributed by atoms with van der Waals surface area (Å²) >= 11 is 0. The highest BCUT2D eigenvalue weighted by atomic mass is 16.5. The van der Waals surface area contributed by atoms with Crippen LogP contribution in [0.15, 0.2) is 28.8 Å². The van der Waals surface area contributed by atoms with E-state index in [4.69, 9.17) is 4.52 Å². The van der Waals surface area contributed by atoms with Crippen molar-refractivity contribution in [3.63, 3.8) is 0 Å². The van der Waals surface area contributed by atoms with E-state index in [2.05, 4.69) is 15.5 Å². The fraction of sp³-hybridized carbons (Fsp3) is 0.438. The van der Waals surface area contributed by atoms with Gasteiger partial charge in [-0.1, -0.05) is 35.0 Å². The van der Waals surface area contributed by atoms with Crippen molar-refractivity contribution in [3.05, 3.63) is 35.7 Å². The lowest BCUT2D eigenvalue weighted by molar-refractivity contribution is -0.122. The molecule has 5 nitrogen and oxygen atoms in total. The SMILES string of the molecule is Cc1ccc(-c2noc(CCC(=O)NC(C)(C)C)n2)cc1. The summed E-state index contributed by atoms with van der Waals surface area (Å²) in [7, 11) is 0. The van der Waals surface area contributed by atoms with E-state index in [1.165, 1.54) is 5.56 Å². The molecule has 0 aliphatic rings. The van der Waals surface area contributed by atoms with Crippen LogP contribution in [-0.4, -0.2) is 21.6 Å². The van der Waals surface area contributed by atoms with Crippen LogP contribution in [0.25, 0.3) is 11.4 Å². The average Bonchev–Trinajstić information content (AvgIpc) is 2.84. The summed E-state index contributed by atoms with van der Waals surface area (Å²) in [5.74, 6) is 1.02. The van der Waals surface area contributed by atoms with Gasteiger partial charge in [0.2, 0.25) is 17.6 Å². The van der Waals surface area contributed by atoms with Gasteiger partial charge in [0.1, 0.15) is 0 Å². The quantitative estimate of drug-likeness (QED) is 0.938. The van der Waals surface area contributed by atoms with Crippen LogP contribution in [0.1, 0.15) is 38.6 Å². The molecular formula is C16H21N3O2. The largest absolute Gasteiger partial charge is 0.351 e. The zero-order valence-electron chi connectivity index (χ0n) is 12.9. The van der Waals surface area contributed by atoms with Gasteiger partial charge in [0, 0.05) is 23.9 Å². The first-order valence-corrected chi connectivity index (χ1v) is 7.04. The van der Waals surface area contributed by atoms with Crippen LogP contribution >= 0.6 is 0 Å². The van der Waals surface area contributed by atoms with Gasteiger partial charge in [0.05, 0.1) is 0 Å². The number of hydrogen-bond donors (Lipinski definition) is 1. The molecule has 1 N–H and O–H groups in total. The van der Waals surface area contributed by atoms with E-state index in [9.17, 15) is 4.79 Å². The second-order valence-corrected chi connectivity index (χ2v) is 6.18. The zero-order chi connectivity index (χ0) is 15.5. The maximum atomic E-state index is 11.7. The monoisotopic (exact) mass is 287 g/mol. The Bertz CT molecular complexity index is 609. The van der Waals surface area contributed by atoms with Gasteiger partial charge in [0.15, 0.2) is 0 Å². The van der Waals surface area contributed by atoms with Crippen molar-refractivity contribution >= 4 is 5.91 Å². The number of nitrogens with zero attached hydrogens (tertiary/aromatic N) is 2. The van der Waals surface area contributed by atoms with E-state index in [0.29, 0.717) is 24.6 Å². The first-order chi connectivity index (χ1) is 9.83. The normalized spacial score (nSPS) is 11.4. The predicted molar refractivity (Wildman–Crippen MR) is 80.7 cm³/mol. The van der Waals surface area contributed by atoms with Crippen molar-refractivity contribution in [1.29, 1.82) is 0 Å². The molecule has 0 radical (unpaired) electrons. The van der Waals surface area contributed by atoms with Crippen LogP contribution < -0.4 is 5.32 Å². The number of benzene rings is 1. The second kappa shape index (κ2) is 6.08. The molecule has 2 rings (SSSR count). The Kier molecular flexibility index (Phi) is 4.40. The van der Waals surface area contributed by atoms with Gasteiger partial charge < -0.3 is 9.84 Å². The molecule has 0 saturated heterocycles. The molecule has 2 aromatic rings. The number of carbonyl (C=O) groups excluding carboxylic acids is 1. The Hall–Kier alpha value is -2.17. The number of nitrogens with one attached hydrogen (secondary N) is 1. The molecule has 0 unspecified atom stereocenters. The highest BCUT2D eigenvalue weighted by Gasteiger charge is 2.15. The number of aromatic nitrogens is 2. The van der Waals surface area contributed by atoms with Gasteiger partial charge in [-0.3, -0.25) is 4.79 Å². The number of rotatable bonds is 4. The van der Waals surface area contributed by atoms with Crippen molar-refractivity contribution < 1.29 is 9.32 Å². The summed E-state index contributed by atoms with van der Waals surface area (Å²) in [6, 6.07) is 7.91. The maximum absolute atomic E-state index is 11.7. The molecule has 5 heteroatoms. The average molecular weight is 287 g/mol. The lowest BCUT2D eigenvalue weighted by atomic mass is 10.1. The standard InChI is InChI=1S/C16H21N3O2/c1-11-5-7-12(8-6-11)15-17-14(21-19-15)10-9-13(20)18-16(2,3)4/h5-8H,9-10H2,1-4H3,(H,18,20). The third kappa shape index (κ3) is 4.70. The minimum Gasteiger partial charge on any atom is -0.351 e. The molecule has 1 heterocycles. The summed E-state index contributed by atoms with van der Waals surface area (Å²) in [6.45, 7) is 7.88. The Labute approximate surface area is 124 Å². The zero-order valence-corrected chi connectivity index (χ0v) is 12.9. The molecule has 1 aromatic carbocycles. The third-order valence-corrected chi connectivity index (χ3v) is 2.86. The van der Waals surface area contributed by atoms with Gasteiger partial charge >= 0.3 is 0 Å². The molecule has 0 fully saturated rings. The van der Waals surface area contributed by atoms with Crippen molar-refractivity contribution in [2.75, 3.05) is 0 Å². The van der Waals surface area contributed by atoms with Gasteiger partial charge in [-0.05, 0) is 27.7 Å². The van der Waals surface area contributed by atoms with Gasteiger partial charge in [-0.15, -0.1) is 0 Å². The minimum absolute atomic E-state index is 0.0161. The lowest BCUT2D eigenvalue weighted by Gasteiger charge is -2.20. The Morgan fingerprint density at radius 2 is 1.90 bits per heavy atom. The molecule has 0 aliphatic heterocycles. The molecular weight excluding hydrogens is 266 g/mol. The Morgan fingerprint density at radius 3 is 2.52 bits per heavy atom. The molecule has 0 spiro atoms. The van der Waals surface area contributed by atoms with Gasteiger partial charge in [-0.2, -0.15) is 4.98 Å². The summed E-state index contributed by atoms with van der Waals surface area (Å²) in [6.07, 6.45) is 0.785. The molecule has 0 saturated carbocycles. The molecule has 0 aliphatic carbocycles. The van der Waals surface area contributed by atoms with Crippen molar-refractivity contribution in [1.82, 2.24) is 15.5 Å². The first kappa shape index (κ1) is 15.2. The summed E-state index contributed by atoms with van der Waals surface area (Å²) in [5, 5.41) is 6.86. The van der Waals surface area contributed by atoms with E-state index in [-0.39, 0.29) is 11.4 Å². The third-order valence-electron chi connectivity index (χ3n) is 2.86. The van der Waals surface area contributed by atoms with Crippen LogP contribution in [0, 0.1) is 6.92 Å². The fourth-order valence-corrected chi connectivity index (χ4v) is 1.88. The van der Waals surface area contributed by atoms with E-state index in [1.807, 2.05) is 52.0 Å². The van der Waals surface area contributed by atoms with E-state index < -0.39 is 0 Å². The van der Waals surface area contributed by atoms with Crippen molar-refractivity contribution in [2.45, 2.75) is 46.1 Å². The lowest BCUT2D eigenvalue weighted by Crippen LogP contribution is -2.40. The molecule has 1 amide bonds. The van der Waals surface area contributed by atoms with E-state index >= 15 is 0 Å². The van der Waals surface area contributed by atoms with Crippen LogP contribution in [0.3, 0.4) is 0 Å². The number of aryl methyl sites for hydroxylation is 2. The fourth-order valence-electron chi connectivity index (χ4n) is 1.88. The maximum Gasteiger partial charge on any atom is 0.227 e. The molecule has 21 heavy (non-hydrogen) atoms. The number of hydrogen-bond acceptors (Lipinski definition) is 4.